The highest BCUT2D eigenvalue weighted by Gasteiger charge is 2.19. The fraction of sp³-hybridized carbons (Fsp3) is 0.714. The van der Waals surface area contributed by atoms with Crippen LogP contribution in [0.3, 0.4) is 0 Å². The Balaban J connectivity index is 3.91. The molecule has 138 valence electrons. The van der Waals surface area contributed by atoms with Crippen molar-refractivity contribution in [3.05, 3.63) is 0 Å². The first-order chi connectivity index (χ1) is 11.0. The molecule has 10 nitrogen and oxygen atoms in total. The number of hydrogen-bond donors (Lipinski definition) is 2. The van der Waals surface area contributed by atoms with Crippen LogP contribution < -0.4 is 5.32 Å². The standard InChI is InChI=1S/C14H23NO9/c1-9(23-13(20)21-7-5-6-10(16)17)22-11(18)8-15-12(19)24-14(2,3)4/h9H,5-8H2,1-4H3,(H,15,19)(H,16,17). The van der Waals surface area contributed by atoms with Crippen LogP contribution in [0.15, 0.2) is 0 Å². The molecule has 1 amide bonds. The van der Waals surface area contributed by atoms with Gasteiger partial charge in [0.15, 0.2) is 0 Å². The van der Waals surface area contributed by atoms with E-state index < -0.39 is 42.6 Å². The highest BCUT2D eigenvalue weighted by atomic mass is 16.8. The van der Waals surface area contributed by atoms with Crippen molar-refractivity contribution in [2.75, 3.05) is 13.2 Å². The number of alkyl carbamates (subject to hydrolysis) is 1. The number of rotatable bonds is 8. The Bertz CT molecular complexity index is 456. The van der Waals surface area contributed by atoms with Gasteiger partial charge >= 0.3 is 24.2 Å². The van der Waals surface area contributed by atoms with E-state index in [1.807, 2.05) is 0 Å². The van der Waals surface area contributed by atoms with Crippen LogP contribution in [0.2, 0.25) is 0 Å². The van der Waals surface area contributed by atoms with Gasteiger partial charge in [0.1, 0.15) is 12.1 Å². The van der Waals surface area contributed by atoms with Gasteiger partial charge in [0, 0.05) is 13.3 Å². The first kappa shape index (κ1) is 21.5. The van der Waals surface area contributed by atoms with Crippen molar-refractivity contribution in [3.63, 3.8) is 0 Å². The molecule has 0 bridgehead atoms. The van der Waals surface area contributed by atoms with Gasteiger partial charge in [0.25, 0.3) is 0 Å². The summed E-state index contributed by atoms with van der Waals surface area (Å²) in [6.07, 6.45) is -3.12. The molecule has 0 saturated heterocycles. The monoisotopic (exact) mass is 349 g/mol. The van der Waals surface area contributed by atoms with E-state index in [1.54, 1.807) is 20.8 Å². The predicted octanol–water partition coefficient (Wildman–Crippen LogP) is 1.42. The number of esters is 1. The van der Waals surface area contributed by atoms with E-state index in [9.17, 15) is 19.2 Å². The first-order valence-electron chi connectivity index (χ1n) is 7.21. The van der Waals surface area contributed by atoms with Gasteiger partial charge in [-0.05, 0) is 27.2 Å². The molecule has 24 heavy (non-hydrogen) atoms. The molecule has 0 aliphatic rings. The zero-order valence-electron chi connectivity index (χ0n) is 14.1. The Labute approximate surface area is 139 Å². The number of aliphatic carboxylic acids is 1. The highest BCUT2D eigenvalue weighted by molar-refractivity contribution is 5.78. The fourth-order valence-electron chi connectivity index (χ4n) is 1.26. The van der Waals surface area contributed by atoms with Crippen molar-refractivity contribution in [3.8, 4) is 0 Å². The summed E-state index contributed by atoms with van der Waals surface area (Å²) in [6, 6.07) is 0. The summed E-state index contributed by atoms with van der Waals surface area (Å²) in [7, 11) is 0. The maximum Gasteiger partial charge on any atom is 0.511 e. The summed E-state index contributed by atoms with van der Waals surface area (Å²) >= 11 is 0. The lowest BCUT2D eigenvalue weighted by Gasteiger charge is -2.19. The molecule has 0 aromatic heterocycles. The van der Waals surface area contributed by atoms with Crippen LogP contribution in [-0.4, -0.2) is 54.3 Å². The predicted molar refractivity (Wildman–Crippen MR) is 79.1 cm³/mol. The third-order valence-corrected chi connectivity index (χ3v) is 2.09. The van der Waals surface area contributed by atoms with Crippen molar-refractivity contribution < 1.29 is 43.2 Å². The van der Waals surface area contributed by atoms with Gasteiger partial charge in [-0.3, -0.25) is 9.59 Å². The number of amides is 1. The number of carboxylic acids is 1. The Kier molecular flexibility index (Phi) is 9.21. The summed E-state index contributed by atoms with van der Waals surface area (Å²) in [5.74, 6) is -1.85. The molecule has 0 aromatic carbocycles. The molecular weight excluding hydrogens is 326 g/mol. The molecular formula is C14H23NO9. The zero-order chi connectivity index (χ0) is 18.8. The van der Waals surface area contributed by atoms with Crippen LogP contribution in [0, 0.1) is 0 Å². The summed E-state index contributed by atoms with van der Waals surface area (Å²) in [4.78, 5) is 44.3. The summed E-state index contributed by atoms with van der Waals surface area (Å²) < 4.78 is 18.9. The Morgan fingerprint density at radius 3 is 2.29 bits per heavy atom. The number of carbonyl (C=O) groups excluding carboxylic acids is 3. The second-order valence-electron chi connectivity index (χ2n) is 5.63. The molecule has 0 aromatic rings. The molecule has 0 saturated carbocycles. The van der Waals surface area contributed by atoms with Crippen LogP contribution in [-0.2, 0) is 28.5 Å². The van der Waals surface area contributed by atoms with Crippen LogP contribution in [0.5, 0.6) is 0 Å². The third kappa shape index (κ3) is 13.2. The minimum atomic E-state index is -1.23. The van der Waals surface area contributed by atoms with E-state index in [0.717, 1.165) is 0 Å². The molecule has 0 heterocycles. The molecule has 10 heteroatoms. The molecule has 0 rings (SSSR count). The topological polar surface area (TPSA) is 137 Å². The number of nitrogens with one attached hydrogen (secondary N) is 1. The van der Waals surface area contributed by atoms with Crippen molar-refractivity contribution >= 4 is 24.2 Å². The van der Waals surface area contributed by atoms with Gasteiger partial charge in [0.05, 0.1) is 6.61 Å². The lowest BCUT2D eigenvalue weighted by molar-refractivity contribution is -0.167. The first-order valence-corrected chi connectivity index (χ1v) is 7.21. The highest BCUT2D eigenvalue weighted by Crippen LogP contribution is 2.06. The van der Waals surface area contributed by atoms with Crippen LogP contribution >= 0.6 is 0 Å². The SMILES string of the molecule is CC(OC(=O)CNC(=O)OC(C)(C)C)OC(=O)OCCCC(=O)O. The van der Waals surface area contributed by atoms with Gasteiger partial charge < -0.3 is 29.4 Å². The maximum absolute atomic E-state index is 11.5. The minimum Gasteiger partial charge on any atom is -0.481 e. The van der Waals surface area contributed by atoms with E-state index in [-0.39, 0.29) is 19.4 Å². The van der Waals surface area contributed by atoms with Crippen molar-refractivity contribution in [2.45, 2.75) is 52.4 Å². The third-order valence-electron chi connectivity index (χ3n) is 2.09. The van der Waals surface area contributed by atoms with Crippen molar-refractivity contribution in [1.82, 2.24) is 5.32 Å². The summed E-state index contributed by atoms with van der Waals surface area (Å²) in [6.45, 7) is 5.70. The molecule has 0 aliphatic heterocycles. The number of carbonyl (C=O) groups is 4. The Morgan fingerprint density at radius 2 is 1.75 bits per heavy atom. The average Bonchev–Trinajstić information content (AvgIpc) is 2.39. The van der Waals surface area contributed by atoms with E-state index in [0.29, 0.717) is 0 Å². The lowest BCUT2D eigenvalue weighted by Crippen LogP contribution is -2.37. The van der Waals surface area contributed by atoms with Crippen LogP contribution in [0.25, 0.3) is 0 Å². The maximum atomic E-state index is 11.5. The van der Waals surface area contributed by atoms with E-state index in [4.69, 9.17) is 14.6 Å². The molecule has 0 radical (unpaired) electrons. The van der Waals surface area contributed by atoms with Gasteiger partial charge in [0.2, 0.25) is 6.29 Å². The Hall–Kier alpha value is -2.52. The van der Waals surface area contributed by atoms with Gasteiger partial charge in [-0.15, -0.1) is 0 Å². The fourth-order valence-corrected chi connectivity index (χ4v) is 1.26. The molecule has 0 fully saturated rings. The van der Waals surface area contributed by atoms with Gasteiger partial charge in [-0.2, -0.15) is 0 Å². The molecule has 2 N–H and O–H groups in total. The minimum absolute atomic E-state index is 0.133. The van der Waals surface area contributed by atoms with Gasteiger partial charge in [-0.1, -0.05) is 0 Å². The number of ether oxygens (including phenoxy) is 4. The molecule has 1 unspecified atom stereocenters. The largest absolute Gasteiger partial charge is 0.511 e. The Morgan fingerprint density at radius 1 is 1.12 bits per heavy atom. The quantitative estimate of drug-likeness (QED) is 0.288. The number of hydrogen-bond acceptors (Lipinski definition) is 8. The van der Waals surface area contributed by atoms with Gasteiger partial charge in [-0.25, -0.2) is 9.59 Å². The van der Waals surface area contributed by atoms with E-state index in [1.165, 1.54) is 6.92 Å². The summed E-state index contributed by atoms with van der Waals surface area (Å²) in [5, 5.41) is 10.6. The normalized spacial score (nSPS) is 11.8. The van der Waals surface area contributed by atoms with Crippen molar-refractivity contribution in [1.29, 1.82) is 0 Å². The zero-order valence-corrected chi connectivity index (χ0v) is 14.1. The molecule has 1 atom stereocenters. The second kappa shape index (κ2) is 10.3. The lowest BCUT2D eigenvalue weighted by atomic mass is 10.2. The van der Waals surface area contributed by atoms with E-state index >= 15 is 0 Å². The summed E-state index contributed by atoms with van der Waals surface area (Å²) in [5.41, 5.74) is -0.700. The molecule has 0 spiro atoms. The van der Waals surface area contributed by atoms with Crippen LogP contribution in [0.4, 0.5) is 9.59 Å². The number of carboxylic acid groups (broad SMARTS) is 1. The smallest absolute Gasteiger partial charge is 0.481 e. The second-order valence-corrected chi connectivity index (χ2v) is 5.63. The van der Waals surface area contributed by atoms with Crippen molar-refractivity contribution in [2.24, 2.45) is 0 Å². The van der Waals surface area contributed by atoms with E-state index in [2.05, 4.69) is 14.8 Å². The van der Waals surface area contributed by atoms with Crippen LogP contribution in [0.1, 0.15) is 40.5 Å². The molecule has 0 aliphatic carbocycles. The average molecular weight is 349 g/mol.